The molecule has 0 amide bonds. The monoisotopic (exact) mass is 292 g/mol. The van der Waals surface area contributed by atoms with Crippen LogP contribution in [0.4, 0.5) is 0 Å². The number of nitrogens with zero attached hydrogens (tertiary/aromatic N) is 2. The smallest absolute Gasteiger partial charge is 0.0896 e. The van der Waals surface area contributed by atoms with Gasteiger partial charge in [0.2, 0.25) is 0 Å². The largest absolute Gasteiger partial charge is 0.271 e. The molecule has 0 bridgehead atoms. The van der Waals surface area contributed by atoms with Crippen molar-refractivity contribution in [3.8, 4) is 0 Å². The summed E-state index contributed by atoms with van der Waals surface area (Å²) in [5.41, 5.74) is 7.29. The van der Waals surface area contributed by atoms with Crippen molar-refractivity contribution >= 4 is 11.6 Å². The van der Waals surface area contributed by atoms with Crippen molar-refractivity contribution in [3.05, 3.63) is 51.8 Å². The zero-order valence-corrected chi connectivity index (χ0v) is 13.1. The number of halogens is 1. The van der Waals surface area contributed by atoms with Crippen LogP contribution in [-0.4, -0.2) is 9.78 Å². The quantitative estimate of drug-likeness (QED) is 0.671. The molecule has 0 aliphatic heterocycles. The summed E-state index contributed by atoms with van der Waals surface area (Å²) >= 11 is 6.32. The number of nitrogens with one attached hydrogen (secondary N) is 1. The number of benzene rings is 1. The van der Waals surface area contributed by atoms with Crippen LogP contribution in [0.1, 0.15) is 48.3 Å². The third-order valence-electron chi connectivity index (χ3n) is 3.45. The van der Waals surface area contributed by atoms with E-state index in [0.29, 0.717) is 5.02 Å². The molecule has 0 aliphatic carbocycles. The highest BCUT2D eigenvalue weighted by Gasteiger charge is 2.23. The van der Waals surface area contributed by atoms with E-state index in [1.165, 1.54) is 11.1 Å². The van der Waals surface area contributed by atoms with E-state index in [0.717, 1.165) is 11.3 Å². The summed E-state index contributed by atoms with van der Waals surface area (Å²) in [5.74, 6) is 5.79. The molecule has 2 rings (SSSR count). The molecule has 1 atom stereocenters. The lowest BCUT2D eigenvalue weighted by atomic mass is 9.97. The molecule has 1 aromatic heterocycles. The molecule has 1 unspecified atom stereocenters. The number of hydrogen-bond donors (Lipinski definition) is 2. The Morgan fingerprint density at radius 2 is 2.00 bits per heavy atom. The first-order chi connectivity index (χ1) is 9.45. The van der Waals surface area contributed by atoms with E-state index in [-0.39, 0.29) is 12.1 Å². The minimum Gasteiger partial charge on any atom is -0.271 e. The summed E-state index contributed by atoms with van der Waals surface area (Å²) in [6.07, 6.45) is 1.67. The molecular formula is C15H21ClN4. The molecule has 0 spiro atoms. The number of hydrazine groups is 1. The predicted octanol–water partition coefficient (Wildman–Crippen LogP) is 3.29. The van der Waals surface area contributed by atoms with Crippen LogP contribution in [0.5, 0.6) is 0 Å². The predicted molar refractivity (Wildman–Crippen MR) is 82.7 cm³/mol. The Balaban J connectivity index is 2.55. The van der Waals surface area contributed by atoms with Gasteiger partial charge in [-0.1, -0.05) is 35.4 Å². The van der Waals surface area contributed by atoms with Gasteiger partial charge in [-0.3, -0.25) is 10.5 Å². The average Bonchev–Trinajstić information content (AvgIpc) is 2.75. The van der Waals surface area contributed by atoms with Gasteiger partial charge < -0.3 is 0 Å². The first-order valence-electron chi connectivity index (χ1n) is 6.72. The van der Waals surface area contributed by atoms with Crippen molar-refractivity contribution in [1.29, 1.82) is 0 Å². The van der Waals surface area contributed by atoms with Gasteiger partial charge in [0.15, 0.2) is 0 Å². The lowest BCUT2D eigenvalue weighted by Crippen LogP contribution is -2.31. The maximum atomic E-state index is 6.32. The zero-order valence-electron chi connectivity index (χ0n) is 12.3. The lowest BCUT2D eigenvalue weighted by molar-refractivity contribution is 0.476. The molecule has 4 nitrogen and oxygen atoms in total. The number of aryl methyl sites for hydroxylation is 2. The minimum atomic E-state index is -0.173. The van der Waals surface area contributed by atoms with E-state index < -0.39 is 0 Å². The van der Waals surface area contributed by atoms with Crippen LogP contribution in [-0.2, 0) is 0 Å². The van der Waals surface area contributed by atoms with Gasteiger partial charge in [-0.2, -0.15) is 5.10 Å². The molecule has 1 aromatic carbocycles. The van der Waals surface area contributed by atoms with Crippen molar-refractivity contribution in [2.45, 2.75) is 39.8 Å². The fraction of sp³-hybridized carbons (Fsp3) is 0.400. The maximum Gasteiger partial charge on any atom is 0.0896 e. The topological polar surface area (TPSA) is 55.9 Å². The highest BCUT2D eigenvalue weighted by molar-refractivity contribution is 6.31. The van der Waals surface area contributed by atoms with E-state index in [4.69, 9.17) is 17.4 Å². The minimum absolute atomic E-state index is 0.173. The second-order valence-electron chi connectivity index (χ2n) is 5.38. The van der Waals surface area contributed by atoms with Crippen LogP contribution < -0.4 is 11.3 Å². The van der Waals surface area contributed by atoms with Gasteiger partial charge in [0.1, 0.15) is 0 Å². The molecule has 2 aromatic rings. The van der Waals surface area contributed by atoms with Gasteiger partial charge in [0.05, 0.1) is 23.0 Å². The van der Waals surface area contributed by atoms with E-state index in [1.807, 2.05) is 4.68 Å². The molecule has 5 heteroatoms. The number of aromatic nitrogens is 2. The van der Waals surface area contributed by atoms with Crippen LogP contribution in [0, 0.1) is 13.8 Å². The van der Waals surface area contributed by atoms with Crippen LogP contribution in [0.25, 0.3) is 0 Å². The second kappa shape index (κ2) is 5.95. The molecule has 20 heavy (non-hydrogen) atoms. The highest BCUT2D eigenvalue weighted by Crippen LogP contribution is 2.31. The first kappa shape index (κ1) is 15.0. The van der Waals surface area contributed by atoms with Gasteiger partial charge in [0, 0.05) is 6.04 Å². The number of nitrogens with two attached hydrogens (primary N) is 1. The molecule has 0 saturated heterocycles. The molecule has 3 N–H and O–H groups in total. The van der Waals surface area contributed by atoms with Gasteiger partial charge in [0.25, 0.3) is 0 Å². The Kier molecular flexibility index (Phi) is 4.48. The third-order valence-corrected chi connectivity index (χ3v) is 3.74. The van der Waals surface area contributed by atoms with Crippen LogP contribution in [0.3, 0.4) is 0 Å². The lowest BCUT2D eigenvalue weighted by Gasteiger charge is -2.22. The van der Waals surface area contributed by atoms with Crippen molar-refractivity contribution in [1.82, 2.24) is 15.2 Å². The molecule has 0 saturated carbocycles. The van der Waals surface area contributed by atoms with Gasteiger partial charge in [-0.15, -0.1) is 0 Å². The van der Waals surface area contributed by atoms with Crippen LogP contribution >= 0.6 is 11.6 Å². The highest BCUT2D eigenvalue weighted by atomic mass is 35.5. The summed E-state index contributed by atoms with van der Waals surface area (Å²) < 4.78 is 1.91. The average molecular weight is 293 g/mol. The van der Waals surface area contributed by atoms with Crippen molar-refractivity contribution in [2.75, 3.05) is 0 Å². The third kappa shape index (κ3) is 2.73. The Labute approximate surface area is 124 Å². The van der Waals surface area contributed by atoms with E-state index >= 15 is 0 Å². The molecule has 0 fully saturated rings. The molecule has 0 radical (unpaired) electrons. The van der Waals surface area contributed by atoms with Crippen LogP contribution in [0.2, 0.25) is 5.02 Å². The Morgan fingerprint density at radius 1 is 1.30 bits per heavy atom. The zero-order chi connectivity index (χ0) is 14.9. The summed E-state index contributed by atoms with van der Waals surface area (Å²) in [4.78, 5) is 0. The SMILES string of the molecule is Cc1ccc(C(NN)c2c(Cl)cnn2C(C)C)c(C)c1. The fourth-order valence-corrected chi connectivity index (χ4v) is 2.74. The summed E-state index contributed by atoms with van der Waals surface area (Å²) in [5, 5.41) is 4.97. The number of rotatable bonds is 4. The van der Waals surface area contributed by atoms with E-state index in [2.05, 4.69) is 56.4 Å². The van der Waals surface area contributed by atoms with Crippen molar-refractivity contribution in [3.63, 3.8) is 0 Å². The summed E-state index contributed by atoms with van der Waals surface area (Å²) in [7, 11) is 0. The van der Waals surface area contributed by atoms with Gasteiger partial charge in [-0.25, -0.2) is 5.43 Å². The van der Waals surface area contributed by atoms with Crippen molar-refractivity contribution < 1.29 is 0 Å². The molecule has 108 valence electrons. The molecule has 1 heterocycles. The van der Waals surface area contributed by atoms with Gasteiger partial charge >= 0.3 is 0 Å². The summed E-state index contributed by atoms with van der Waals surface area (Å²) in [6, 6.07) is 6.36. The standard InChI is InChI=1S/C15H21ClN4/c1-9(2)20-15(13(16)8-18-20)14(19-17)12-6-5-10(3)7-11(12)4/h5-9,14,19H,17H2,1-4H3. The fourth-order valence-electron chi connectivity index (χ4n) is 2.50. The van der Waals surface area contributed by atoms with Crippen molar-refractivity contribution in [2.24, 2.45) is 5.84 Å². The summed E-state index contributed by atoms with van der Waals surface area (Å²) in [6.45, 7) is 8.30. The Hall–Kier alpha value is -1.36. The van der Waals surface area contributed by atoms with E-state index in [9.17, 15) is 0 Å². The Morgan fingerprint density at radius 3 is 2.55 bits per heavy atom. The second-order valence-corrected chi connectivity index (χ2v) is 5.78. The Bertz CT molecular complexity index is 604. The normalized spacial score (nSPS) is 12.9. The van der Waals surface area contributed by atoms with Gasteiger partial charge in [-0.05, 0) is 38.8 Å². The first-order valence-corrected chi connectivity index (χ1v) is 7.09. The van der Waals surface area contributed by atoms with E-state index in [1.54, 1.807) is 6.20 Å². The molecular weight excluding hydrogens is 272 g/mol. The van der Waals surface area contributed by atoms with Crippen LogP contribution in [0.15, 0.2) is 24.4 Å². The molecule has 0 aliphatic rings. The number of hydrogen-bond acceptors (Lipinski definition) is 3. The maximum absolute atomic E-state index is 6.32.